The van der Waals surface area contributed by atoms with E-state index < -0.39 is 18.0 Å². The molecule has 19 heavy (non-hydrogen) atoms. The van der Waals surface area contributed by atoms with Crippen LogP contribution in [0.1, 0.15) is 23.4 Å². The Labute approximate surface area is 108 Å². The molecule has 2 atom stereocenters. The second-order valence-electron chi connectivity index (χ2n) is 4.34. The first-order valence-electron chi connectivity index (χ1n) is 5.79. The first-order chi connectivity index (χ1) is 9.15. The maximum Gasteiger partial charge on any atom is 0.345 e. The number of carboxylic acids is 1. The lowest BCUT2D eigenvalue weighted by Gasteiger charge is -2.26. The first kappa shape index (κ1) is 11.8. The first-order valence-corrected chi connectivity index (χ1v) is 5.79. The van der Waals surface area contributed by atoms with Gasteiger partial charge in [0, 0.05) is 5.56 Å². The van der Waals surface area contributed by atoms with Gasteiger partial charge in [-0.2, -0.15) is 5.06 Å². The Morgan fingerprint density at radius 2 is 2.47 bits per heavy atom. The van der Waals surface area contributed by atoms with Gasteiger partial charge in [-0.05, 0) is 6.07 Å². The van der Waals surface area contributed by atoms with Gasteiger partial charge in [0.15, 0.2) is 6.04 Å². The summed E-state index contributed by atoms with van der Waals surface area (Å²) in [5, 5.41) is 10.5. The number of fused-ring (bicyclic) bond motifs is 4. The largest absolute Gasteiger partial charge is 0.479 e. The standard InChI is InChI=1S/C12H12N2O5/c1-2-4-19-14-8-6-13(12(14)17)9(11(15)16)10-7(8)3-5-18-10/h2-3,5,8-9H,1,4,6H2,(H,15,16)/t8-,9+/m1/s1. The van der Waals surface area contributed by atoms with Crippen molar-refractivity contribution in [2.45, 2.75) is 12.1 Å². The molecule has 3 rings (SSSR count). The molecule has 3 heterocycles. The summed E-state index contributed by atoms with van der Waals surface area (Å²) in [5.41, 5.74) is 0.679. The van der Waals surface area contributed by atoms with Crippen molar-refractivity contribution in [1.82, 2.24) is 9.96 Å². The predicted octanol–water partition coefficient (Wildman–Crippen LogP) is 1.32. The second-order valence-corrected chi connectivity index (χ2v) is 4.34. The van der Waals surface area contributed by atoms with Crippen molar-refractivity contribution in [2.75, 3.05) is 13.2 Å². The minimum Gasteiger partial charge on any atom is -0.479 e. The van der Waals surface area contributed by atoms with Crippen LogP contribution in [-0.4, -0.2) is 40.2 Å². The Morgan fingerprint density at radius 3 is 3.16 bits per heavy atom. The number of rotatable bonds is 4. The van der Waals surface area contributed by atoms with Crippen LogP contribution < -0.4 is 0 Å². The average Bonchev–Trinajstić information content (AvgIpc) is 2.94. The van der Waals surface area contributed by atoms with Crippen molar-refractivity contribution in [1.29, 1.82) is 0 Å². The smallest absolute Gasteiger partial charge is 0.345 e. The van der Waals surface area contributed by atoms with Crippen LogP contribution in [-0.2, 0) is 9.63 Å². The van der Waals surface area contributed by atoms with E-state index in [-0.39, 0.29) is 19.2 Å². The monoisotopic (exact) mass is 264 g/mol. The average molecular weight is 264 g/mol. The Balaban J connectivity index is 2.02. The minimum absolute atomic E-state index is 0.182. The highest BCUT2D eigenvalue weighted by Crippen LogP contribution is 2.44. The summed E-state index contributed by atoms with van der Waals surface area (Å²) < 4.78 is 5.23. The van der Waals surface area contributed by atoms with E-state index in [0.717, 1.165) is 0 Å². The maximum atomic E-state index is 12.2. The third-order valence-electron chi connectivity index (χ3n) is 3.30. The zero-order valence-electron chi connectivity index (χ0n) is 9.98. The molecule has 2 amide bonds. The second kappa shape index (κ2) is 4.13. The number of nitrogens with zero attached hydrogens (tertiary/aromatic N) is 2. The number of carbonyl (C=O) groups excluding carboxylic acids is 1. The lowest BCUT2D eigenvalue weighted by atomic mass is 9.99. The summed E-state index contributed by atoms with van der Waals surface area (Å²) in [6.07, 6.45) is 2.95. The Bertz CT molecular complexity index is 552. The molecule has 0 saturated carbocycles. The van der Waals surface area contributed by atoms with Gasteiger partial charge in [-0.25, -0.2) is 9.59 Å². The van der Waals surface area contributed by atoms with Gasteiger partial charge in [0.1, 0.15) is 11.8 Å². The molecule has 1 N–H and O–H groups in total. The molecular weight excluding hydrogens is 252 g/mol. The zero-order valence-corrected chi connectivity index (χ0v) is 9.98. The molecule has 2 aliphatic heterocycles. The molecule has 0 unspecified atom stereocenters. The molecule has 2 bridgehead atoms. The predicted molar refractivity (Wildman–Crippen MR) is 61.9 cm³/mol. The summed E-state index contributed by atoms with van der Waals surface area (Å²) in [6, 6.07) is -0.218. The van der Waals surface area contributed by atoms with E-state index in [1.165, 1.54) is 22.3 Å². The molecule has 0 aliphatic carbocycles. The molecule has 1 aromatic heterocycles. The number of carbonyl (C=O) groups is 2. The molecule has 7 nitrogen and oxygen atoms in total. The van der Waals surface area contributed by atoms with Crippen LogP contribution in [0.15, 0.2) is 29.4 Å². The van der Waals surface area contributed by atoms with Gasteiger partial charge in [-0.3, -0.25) is 9.74 Å². The fourth-order valence-corrected chi connectivity index (χ4v) is 2.53. The van der Waals surface area contributed by atoms with Crippen molar-refractivity contribution in [3.05, 3.63) is 36.3 Å². The fraction of sp³-hybridized carbons (Fsp3) is 0.333. The van der Waals surface area contributed by atoms with Gasteiger partial charge in [-0.1, -0.05) is 6.08 Å². The van der Waals surface area contributed by atoms with E-state index in [4.69, 9.17) is 9.25 Å². The number of furan rings is 1. The molecule has 1 fully saturated rings. The van der Waals surface area contributed by atoms with E-state index in [1.54, 1.807) is 6.07 Å². The number of hydroxylamine groups is 2. The summed E-state index contributed by atoms with van der Waals surface area (Å²) in [4.78, 5) is 30.1. The van der Waals surface area contributed by atoms with E-state index in [1.807, 2.05) is 0 Å². The van der Waals surface area contributed by atoms with E-state index in [0.29, 0.717) is 11.3 Å². The Morgan fingerprint density at radius 1 is 1.68 bits per heavy atom. The SMILES string of the molecule is C=CCON1C(=O)N2C[C@@H]1c1ccoc1[C@H]2C(=O)O. The maximum absolute atomic E-state index is 12.2. The summed E-state index contributed by atoms with van der Waals surface area (Å²) in [7, 11) is 0. The quantitative estimate of drug-likeness (QED) is 0.829. The van der Waals surface area contributed by atoms with Gasteiger partial charge in [0.2, 0.25) is 0 Å². The summed E-state index contributed by atoms with van der Waals surface area (Å²) >= 11 is 0. The van der Waals surface area contributed by atoms with Crippen molar-refractivity contribution >= 4 is 12.0 Å². The number of amides is 2. The normalized spacial score (nSPS) is 24.5. The Hall–Kier alpha value is -2.28. The number of aliphatic carboxylic acids is 1. The van der Waals surface area contributed by atoms with Gasteiger partial charge in [-0.15, -0.1) is 6.58 Å². The molecule has 2 aliphatic rings. The molecule has 0 aromatic carbocycles. The third kappa shape index (κ3) is 1.55. The van der Waals surface area contributed by atoms with Crippen LogP contribution >= 0.6 is 0 Å². The van der Waals surface area contributed by atoms with Gasteiger partial charge < -0.3 is 9.52 Å². The van der Waals surface area contributed by atoms with Crippen LogP contribution in [0.2, 0.25) is 0 Å². The van der Waals surface area contributed by atoms with Crippen LogP contribution in [0.4, 0.5) is 4.79 Å². The van der Waals surface area contributed by atoms with Crippen LogP contribution in [0.3, 0.4) is 0 Å². The van der Waals surface area contributed by atoms with Gasteiger partial charge in [0.25, 0.3) is 0 Å². The molecule has 7 heteroatoms. The van der Waals surface area contributed by atoms with Gasteiger partial charge in [0.05, 0.1) is 19.4 Å². The van der Waals surface area contributed by atoms with E-state index >= 15 is 0 Å². The highest BCUT2D eigenvalue weighted by molar-refractivity contribution is 5.86. The molecular formula is C12H12N2O5. The highest BCUT2D eigenvalue weighted by Gasteiger charge is 2.52. The lowest BCUT2D eigenvalue weighted by Crippen LogP contribution is -2.38. The number of carboxylic acid groups (broad SMARTS) is 1. The van der Waals surface area contributed by atoms with Crippen molar-refractivity contribution in [3.63, 3.8) is 0 Å². The van der Waals surface area contributed by atoms with Crippen molar-refractivity contribution in [2.24, 2.45) is 0 Å². The van der Waals surface area contributed by atoms with Crippen molar-refractivity contribution in [3.8, 4) is 0 Å². The number of hydrogen-bond acceptors (Lipinski definition) is 4. The number of urea groups is 1. The van der Waals surface area contributed by atoms with Crippen LogP contribution in [0.25, 0.3) is 0 Å². The van der Waals surface area contributed by atoms with Crippen LogP contribution in [0.5, 0.6) is 0 Å². The summed E-state index contributed by atoms with van der Waals surface area (Å²) in [6.45, 7) is 3.98. The van der Waals surface area contributed by atoms with Crippen LogP contribution in [0, 0.1) is 0 Å². The summed E-state index contributed by atoms with van der Waals surface area (Å²) in [5.74, 6) is -0.824. The van der Waals surface area contributed by atoms with Crippen molar-refractivity contribution < 1.29 is 24.0 Å². The Kier molecular flexibility index (Phi) is 2.56. The minimum atomic E-state index is -1.12. The molecule has 1 aromatic rings. The van der Waals surface area contributed by atoms with Gasteiger partial charge >= 0.3 is 12.0 Å². The highest BCUT2D eigenvalue weighted by atomic mass is 16.7. The van der Waals surface area contributed by atoms with E-state index in [2.05, 4.69) is 6.58 Å². The zero-order chi connectivity index (χ0) is 13.6. The lowest BCUT2D eigenvalue weighted by molar-refractivity contribution is -0.143. The third-order valence-corrected chi connectivity index (χ3v) is 3.30. The molecule has 0 radical (unpaired) electrons. The van der Waals surface area contributed by atoms with E-state index in [9.17, 15) is 14.7 Å². The molecule has 0 spiro atoms. The number of hydrogen-bond donors (Lipinski definition) is 1. The molecule has 100 valence electrons. The fourth-order valence-electron chi connectivity index (χ4n) is 2.53. The molecule has 1 saturated heterocycles. The topological polar surface area (TPSA) is 83.2 Å².